The molecule has 7 heteroatoms. The molecule has 0 saturated heterocycles. The summed E-state index contributed by atoms with van der Waals surface area (Å²) in [4.78, 5) is 2.58. The summed E-state index contributed by atoms with van der Waals surface area (Å²) in [5, 5.41) is 0. The molecule has 2 heterocycles. The molecule has 2 aromatic carbocycles. The standard InChI is InChI=1S/C20H24N2O4S/c23-27(24,18-6-7-19-20(14-18)26-13-12-25-19)21-9-3-10-22-11-8-16-4-1-2-5-17(16)15-22/h1-2,4-7,14,21H,3,8-13,15H2. The molecule has 27 heavy (non-hydrogen) atoms. The second kappa shape index (κ2) is 7.88. The number of nitrogens with one attached hydrogen (secondary N) is 1. The summed E-state index contributed by atoms with van der Waals surface area (Å²) >= 11 is 0. The minimum atomic E-state index is -3.55. The fraction of sp³-hybridized carbons (Fsp3) is 0.400. The highest BCUT2D eigenvalue weighted by Gasteiger charge is 2.19. The van der Waals surface area contributed by atoms with Crippen molar-refractivity contribution in [3.63, 3.8) is 0 Å². The molecule has 0 atom stereocenters. The smallest absolute Gasteiger partial charge is 0.240 e. The predicted molar refractivity (Wildman–Crippen MR) is 103 cm³/mol. The summed E-state index contributed by atoms with van der Waals surface area (Å²) < 4.78 is 38.6. The number of sulfonamides is 1. The normalized spacial score (nSPS) is 16.7. The van der Waals surface area contributed by atoms with E-state index in [0.717, 1.165) is 32.5 Å². The number of nitrogens with zero attached hydrogens (tertiary/aromatic N) is 1. The number of hydrogen-bond acceptors (Lipinski definition) is 5. The quantitative estimate of drug-likeness (QED) is 0.769. The fourth-order valence-electron chi connectivity index (χ4n) is 3.53. The van der Waals surface area contributed by atoms with Crippen LogP contribution in [0.3, 0.4) is 0 Å². The Morgan fingerprint density at radius 2 is 1.78 bits per heavy atom. The molecule has 4 rings (SSSR count). The molecular weight excluding hydrogens is 364 g/mol. The zero-order chi connectivity index (χ0) is 18.7. The summed E-state index contributed by atoms with van der Waals surface area (Å²) in [6, 6.07) is 13.2. The van der Waals surface area contributed by atoms with Crippen molar-refractivity contribution in [2.75, 3.05) is 32.8 Å². The first kappa shape index (κ1) is 18.3. The maximum atomic E-state index is 12.5. The average molecular weight is 388 g/mol. The maximum Gasteiger partial charge on any atom is 0.240 e. The molecule has 0 radical (unpaired) electrons. The minimum Gasteiger partial charge on any atom is -0.486 e. The van der Waals surface area contributed by atoms with E-state index in [0.29, 0.717) is 31.3 Å². The summed E-state index contributed by atoms with van der Waals surface area (Å²) in [5.74, 6) is 1.07. The Morgan fingerprint density at radius 3 is 2.63 bits per heavy atom. The highest BCUT2D eigenvalue weighted by atomic mass is 32.2. The van der Waals surface area contributed by atoms with Gasteiger partial charge >= 0.3 is 0 Å². The predicted octanol–water partition coefficient (Wildman–Crippen LogP) is 2.18. The summed E-state index contributed by atoms with van der Waals surface area (Å²) in [6.07, 6.45) is 1.82. The highest BCUT2D eigenvalue weighted by Crippen LogP contribution is 2.32. The van der Waals surface area contributed by atoms with E-state index in [-0.39, 0.29) is 4.90 Å². The molecule has 0 unspecified atom stereocenters. The van der Waals surface area contributed by atoms with Crippen molar-refractivity contribution in [1.82, 2.24) is 9.62 Å². The van der Waals surface area contributed by atoms with Gasteiger partial charge in [0.2, 0.25) is 10.0 Å². The van der Waals surface area contributed by atoms with Gasteiger partial charge in [-0.05, 0) is 42.6 Å². The van der Waals surface area contributed by atoms with E-state index in [4.69, 9.17) is 9.47 Å². The van der Waals surface area contributed by atoms with Crippen molar-refractivity contribution in [1.29, 1.82) is 0 Å². The molecule has 2 aromatic rings. The van der Waals surface area contributed by atoms with Crippen LogP contribution in [0.25, 0.3) is 0 Å². The molecular formula is C20H24N2O4S. The molecule has 2 aliphatic heterocycles. The van der Waals surface area contributed by atoms with Crippen molar-refractivity contribution in [2.45, 2.75) is 24.3 Å². The molecule has 1 N–H and O–H groups in total. The van der Waals surface area contributed by atoms with Gasteiger partial charge in [0.25, 0.3) is 0 Å². The van der Waals surface area contributed by atoms with Crippen molar-refractivity contribution in [2.24, 2.45) is 0 Å². The average Bonchev–Trinajstić information content (AvgIpc) is 2.71. The zero-order valence-electron chi connectivity index (χ0n) is 15.2. The molecule has 0 spiro atoms. The van der Waals surface area contributed by atoms with Gasteiger partial charge in [0.05, 0.1) is 4.90 Å². The van der Waals surface area contributed by atoms with E-state index in [1.165, 1.54) is 17.2 Å². The molecule has 0 aliphatic carbocycles. The monoisotopic (exact) mass is 388 g/mol. The van der Waals surface area contributed by atoms with Crippen molar-refractivity contribution >= 4 is 10.0 Å². The van der Waals surface area contributed by atoms with Crippen LogP contribution in [-0.4, -0.2) is 46.2 Å². The molecule has 0 fully saturated rings. The second-order valence-corrected chi connectivity index (χ2v) is 8.62. The van der Waals surface area contributed by atoms with Gasteiger partial charge in [-0.25, -0.2) is 13.1 Å². The molecule has 2 aliphatic rings. The molecule has 0 bridgehead atoms. The number of hydrogen-bond donors (Lipinski definition) is 1. The molecule has 6 nitrogen and oxygen atoms in total. The number of rotatable bonds is 6. The topological polar surface area (TPSA) is 67.9 Å². The third kappa shape index (κ3) is 4.26. The van der Waals surface area contributed by atoms with Crippen molar-refractivity contribution < 1.29 is 17.9 Å². The molecule has 0 amide bonds. The fourth-order valence-corrected chi connectivity index (χ4v) is 4.62. The Hall–Kier alpha value is -2.09. The van der Waals surface area contributed by atoms with Gasteiger partial charge in [-0.1, -0.05) is 24.3 Å². The van der Waals surface area contributed by atoms with Crippen LogP contribution in [0, 0.1) is 0 Å². The van der Waals surface area contributed by atoms with E-state index in [1.807, 2.05) is 0 Å². The highest BCUT2D eigenvalue weighted by molar-refractivity contribution is 7.89. The van der Waals surface area contributed by atoms with Gasteiger partial charge in [-0.15, -0.1) is 0 Å². The van der Waals surface area contributed by atoms with E-state index >= 15 is 0 Å². The molecule has 0 saturated carbocycles. The first-order chi connectivity index (χ1) is 13.1. The lowest BCUT2D eigenvalue weighted by Gasteiger charge is -2.28. The van der Waals surface area contributed by atoms with Crippen LogP contribution in [0.1, 0.15) is 17.5 Å². The lowest BCUT2D eigenvalue weighted by molar-refractivity contribution is 0.171. The lowest BCUT2D eigenvalue weighted by Crippen LogP contribution is -2.33. The first-order valence-electron chi connectivity index (χ1n) is 9.30. The van der Waals surface area contributed by atoms with Crippen LogP contribution in [0.5, 0.6) is 11.5 Å². The Morgan fingerprint density at radius 1 is 1.00 bits per heavy atom. The number of benzene rings is 2. The van der Waals surface area contributed by atoms with E-state index in [9.17, 15) is 8.42 Å². The van der Waals surface area contributed by atoms with Gasteiger partial charge in [0, 0.05) is 25.7 Å². The maximum absolute atomic E-state index is 12.5. The van der Waals surface area contributed by atoms with Crippen LogP contribution in [0.2, 0.25) is 0 Å². The van der Waals surface area contributed by atoms with Crippen LogP contribution < -0.4 is 14.2 Å². The Kier molecular flexibility index (Phi) is 5.33. The van der Waals surface area contributed by atoms with Crippen LogP contribution in [-0.2, 0) is 23.0 Å². The third-order valence-electron chi connectivity index (χ3n) is 4.98. The Labute approximate surface area is 160 Å². The summed E-state index contributed by atoms with van der Waals surface area (Å²) in [5.41, 5.74) is 2.80. The molecule has 144 valence electrons. The van der Waals surface area contributed by atoms with E-state index in [1.54, 1.807) is 12.1 Å². The van der Waals surface area contributed by atoms with Gasteiger partial charge in [0.1, 0.15) is 13.2 Å². The van der Waals surface area contributed by atoms with Gasteiger partial charge < -0.3 is 9.47 Å². The largest absolute Gasteiger partial charge is 0.486 e. The van der Waals surface area contributed by atoms with Gasteiger partial charge in [-0.3, -0.25) is 4.90 Å². The van der Waals surface area contributed by atoms with Crippen molar-refractivity contribution in [3.8, 4) is 11.5 Å². The molecule has 0 aromatic heterocycles. The minimum absolute atomic E-state index is 0.207. The van der Waals surface area contributed by atoms with E-state index < -0.39 is 10.0 Å². The van der Waals surface area contributed by atoms with Crippen LogP contribution >= 0.6 is 0 Å². The summed E-state index contributed by atoms with van der Waals surface area (Å²) in [6.45, 7) is 4.16. The SMILES string of the molecule is O=S(=O)(NCCCN1CCc2ccccc2C1)c1ccc2c(c1)OCCO2. The van der Waals surface area contributed by atoms with Gasteiger partial charge in [-0.2, -0.15) is 0 Å². The van der Waals surface area contributed by atoms with Crippen molar-refractivity contribution in [3.05, 3.63) is 53.6 Å². The second-order valence-electron chi connectivity index (χ2n) is 6.85. The summed E-state index contributed by atoms with van der Waals surface area (Å²) in [7, 11) is -3.55. The van der Waals surface area contributed by atoms with Crippen LogP contribution in [0.15, 0.2) is 47.4 Å². The number of fused-ring (bicyclic) bond motifs is 2. The third-order valence-corrected chi connectivity index (χ3v) is 6.44. The Balaban J connectivity index is 1.29. The van der Waals surface area contributed by atoms with Gasteiger partial charge in [0.15, 0.2) is 11.5 Å². The lowest BCUT2D eigenvalue weighted by atomic mass is 10.00. The zero-order valence-corrected chi connectivity index (χ0v) is 16.0. The van der Waals surface area contributed by atoms with E-state index in [2.05, 4.69) is 33.9 Å². The van der Waals surface area contributed by atoms with Crippen LogP contribution in [0.4, 0.5) is 0 Å². The number of ether oxygens (including phenoxy) is 2. The first-order valence-corrected chi connectivity index (χ1v) is 10.8. The Bertz CT molecular complexity index is 914.